The summed E-state index contributed by atoms with van der Waals surface area (Å²) < 4.78 is 31.0. The van der Waals surface area contributed by atoms with Crippen molar-refractivity contribution < 1.29 is 42.9 Å². The predicted octanol–water partition coefficient (Wildman–Crippen LogP) is 7.30. The molecule has 1 aliphatic heterocycles. The van der Waals surface area contributed by atoms with Crippen molar-refractivity contribution in [3.63, 3.8) is 0 Å². The Kier molecular flexibility index (Phi) is 26.9. The molecule has 7 rings (SSSR count). The summed E-state index contributed by atoms with van der Waals surface area (Å²) in [6.07, 6.45) is 12.4. The zero-order chi connectivity index (χ0) is 60.2. The fourth-order valence-electron chi connectivity index (χ4n) is 9.28. The molecule has 5 amide bonds. The average molecular weight is 1190 g/mol. The molecule has 1 atom stereocenters. The van der Waals surface area contributed by atoms with Crippen LogP contribution in [-0.2, 0) is 54.4 Å². The maximum atomic E-state index is 14.0. The van der Waals surface area contributed by atoms with Gasteiger partial charge in [-0.3, -0.25) is 19.7 Å². The van der Waals surface area contributed by atoms with E-state index in [4.69, 9.17) is 23.7 Å². The van der Waals surface area contributed by atoms with E-state index in [0.717, 1.165) is 85.7 Å². The smallest absolute Gasteiger partial charge is 0.325 e. The normalized spacial score (nSPS) is 13.9. The fourth-order valence-corrected chi connectivity index (χ4v) is 9.99. The van der Waals surface area contributed by atoms with E-state index in [9.17, 15) is 19.2 Å². The molecule has 2 aromatic heterocycles. The van der Waals surface area contributed by atoms with Gasteiger partial charge in [-0.15, -0.1) is 16.4 Å². The number of ether oxygens (including phenoxy) is 5. The molecule has 1 unspecified atom stereocenters. The zero-order valence-electron chi connectivity index (χ0n) is 50.0. The monoisotopic (exact) mass is 1190 g/mol. The number of piperazine rings is 1. The minimum absolute atomic E-state index is 0.0229. The first-order valence-electron chi connectivity index (χ1n) is 29.4. The van der Waals surface area contributed by atoms with Gasteiger partial charge in [0.05, 0.1) is 70.6 Å². The van der Waals surface area contributed by atoms with E-state index in [0.29, 0.717) is 114 Å². The number of urea groups is 1. The number of nitrogens with zero attached hydrogens (tertiary/aromatic N) is 9. The van der Waals surface area contributed by atoms with Crippen LogP contribution in [0.2, 0.25) is 0 Å². The van der Waals surface area contributed by atoms with E-state index in [-0.39, 0.29) is 36.6 Å². The lowest BCUT2D eigenvalue weighted by Crippen LogP contribution is -2.47. The van der Waals surface area contributed by atoms with Crippen molar-refractivity contribution in [3.05, 3.63) is 144 Å². The summed E-state index contributed by atoms with van der Waals surface area (Å²) >= 11 is 1.28. The van der Waals surface area contributed by atoms with Gasteiger partial charge in [0.25, 0.3) is 0 Å². The van der Waals surface area contributed by atoms with Gasteiger partial charge in [-0.05, 0) is 118 Å². The fraction of sp³-hybridized carbons (Fsp3) is 0.476. The summed E-state index contributed by atoms with van der Waals surface area (Å²) in [7, 11) is 8.09. The number of hydrogen-bond acceptors (Lipinski definition) is 16. The molecule has 21 nitrogen and oxygen atoms in total. The first-order chi connectivity index (χ1) is 41.3. The molecule has 22 heteroatoms. The predicted molar refractivity (Wildman–Crippen MR) is 333 cm³/mol. The summed E-state index contributed by atoms with van der Waals surface area (Å²) in [5.74, 6) is 1.23. The highest BCUT2D eigenvalue weighted by Crippen LogP contribution is 2.36. The second-order valence-electron chi connectivity index (χ2n) is 21.3. The number of nitrogens with one attached hydrogen (secondary N) is 3. The largest absolute Gasteiger partial charge is 0.494 e. The van der Waals surface area contributed by atoms with E-state index < -0.39 is 12.1 Å². The van der Waals surface area contributed by atoms with Gasteiger partial charge in [0.1, 0.15) is 24.1 Å². The van der Waals surface area contributed by atoms with E-state index >= 15 is 0 Å². The van der Waals surface area contributed by atoms with Crippen LogP contribution in [0.1, 0.15) is 60.7 Å². The first kappa shape index (κ1) is 65.1. The van der Waals surface area contributed by atoms with Gasteiger partial charge in [0.2, 0.25) is 17.7 Å². The summed E-state index contributed by atoms with van der Waals surface area (Å²) in [4.78, 5) is 67.8. The summed E-state index contributed by atoms with van der Waals surface area (Å²) in [5.41, 5.74) is 5.75. The molecule has 5 aromatic rings. The molecular formula is C63H86N12O9S. The van der Waals surface area contributed by atoms with Crippen LogP contribution in [-0.4, -0.2) is 196 Å². The van der Waals surface area contributed by atoms with Crippen molar-refractivity contribution in [1.29, 1.82) is 0 Å². The van der Waals surface area contributed by atoms with Crippen molar-refractivity contribution in [3.8, 4) is 11.5 Å². The van der Waals surface area contributed by atoms with Crippen molar-refractivity contribution >= 4 is 51.6 Å². The second kappa shape index (κ2) is 35.1. The quantitative estimate of drug-likeness (QED) is 0.0262. The van der Waals surface area contributed by atoms with Crippen LogP contribution in [0.5, 0.6) is 11.5 Å². The number of rotatable bonds is 38. The molecule has 3 aromatic carbocycles. The number of carbonyl (C=O) groups excluding carboxylic acids is 4. The Hall–Kier alpha value is -7.47. The molecule has 3 heterocycles. The molecule has 85 heavy (non-hydrogen) atoms. The lowest BCUT2D eigenvalue weighted by atomic mass is 10.0. The molecule has 1 aliphatic carbocycles. The van der Waals surface area contributed by atoms with E-state index in [1.807, 2.05) is 96.6 Å². The van der Waals surface area contributed by atoms with Crippen molar-refractivity contribution in [2.24, 2.45) is 0 Å². The Morgan fingerprint density at radius 3 is 2.16 bits per heavy atom. The third kappa shape index (κ3) is 22.8. The Morgan fingerprint density at radius 2 is 1.46 bits per heavy atom. The van der Waals surface area contributed by atoms with Crippen molar-refractivity contribution in [2.45, 2.75) is 70.0 Å². The molecule has 0 radical (unpaired) electrons. The number of anilines is 3. The second-order valence-corrected chi connectivity index (χ2v) is 22.2. The van der Waals surface area contributed by atoms with Gasteiger partial charge < -0.3 is 58.8 Å². The summed E-state index contributed by atoms with van der Waals surface area (Å²) in [6, 6.07) is 21.7. The number of unbranched alkanes of at least 4 members (excludes halogenated alkanes) is 1. The van der Waals surface area contributed by atoms with Gasteiger partial charge in [-0.2, -0.15) is 0 Å². The summed E-state index contributed by atoms with van der Waals surface area (Å²) in [5, 5.41) is 19.3. The van der Waals surface area contributed by atoms with Crippen LogP contribution in [0, 0.1) is 0 Å². The first-order valence-corrected chi connectivity index (χ1v) is 30.3. The molecule has 0 spiro atoms. The number of carbonyl (C=O) groups is 4. The zero-order valence-corrected chi connectivity index (χ0v) is 50.8. The number of allylic oxidation sites excluding steroid dienone is 2. The number of aryl methyl sites for hydroxylation is 1. The topological polar surface area (TPSA) is 210 Å². The van der Waals surface area contributed by atoms with Crippen LogP contribution >= 0.6 is 11.3 Å². The van der Waals surface area contributed by atoms with Gasteiger partial charge in [-0.25, -0.2) is 14.5 Å². The molecule has 1 saturated carbocycles. The lowest BCUT2D eigenvalue weighted by Gasteiger charge is -2.32. The molecule has 3 N–H and O–H groups in total. The van der Waals surface area contributed by atoms with Gasteiger partial charge in [0.15, 0.2) is 5.13 Å². The van der Waals surface area contributed by atoms with Crippen LogP contribution in [0.4, 0.5) is 21.3 Å². The molecule has 0 bridgehead atoms. The van der Waals surface area contributed by atoms with E-state index in [2.05, 4.69) is 61.3 Å². The number of hydrogen-bond donors (Lipinski definition) is 3. The van der Waals surface area contributed by atoms with Gasteiger partial charge in [-0.1, -0.05) is 60.9 Å². The Morgan fingerprint density at radius 1 is 0.765 bits per heavy atom. The van der Waals surface area contributed by atoms with Crippen molar-refractivity contribution in [1.82, 2.24) is 44.9 Å². The van der Waals surface area contributed by atoms with E-state index in [1.54, 1.807) is 46.5 Å². The standard InChI is InChI=1S/C63H86N12O9S/c1-7-11-48(8-2)45-64-61(78)60(50-15-19-54(20-16-50)70(3)4)75(55-21-22-55)58(76)27-14-49-12-23-56(24-13-49)83-36-10-9-29-71(5)34-38-81-41-40-80-37-28-52-46-74(69-68-52)35-39-82-42-43-84-57-25-17-51(18-26-57)65-62(79)67-63-66-53(47-85-63)44-59(77)73-32-30-72(6)31-33-73/h7-8,11-13,15-20,23-26,46-47,55,60H,1-2,9-10,14,21-22,27-45H2,3-6H3,(H,64,78)(H2,65,66,67,79)/b48-11+. The Labute approximate surface area is 504 Å². The molecule has 458 valence electrons. The molecule has 2 fully saturated rings. The number of aromatic nitrogens is 4. The van der Waals surface area contributed by atoms with Gasteiger partial charge >= 0.3 is 6.03 Å². The van der Waals surface area contributed by atoms with Gasteiger partial charge in [0, 0.05) is 95.2 Å². The minimum atomic E-state index is -0.749. The SMILES string of the molecule is C=C/C=C(\C=C)CNC(=O)C(c1ccc(N(C)C)cc1)N(C(=O)CCc1ccc(OCCCCN(C)CCOCCOCCc2cn(CCOCCOc3ccc(NC(=O)Nc4nc(CC(=O)N5CCN(C)CC5)cs4)cc3)nn2)cc1)C1CC1. The van der Waals surface area contributed by atoms with Crippen LogP contribution in [0.15, 0.2) is 121 Å². The maximum Gasteiger partial charge on any atom is 0.325 e. The highest BCUT2D eigenvalue weighted by Gasteiger charge is 2.41. The summed E-state index contributed by atoms with van der Waals surface area (Å²) in [6.45, 7) is 17.3. The molecular weight excluding hydrogens is 1100 g/mol. The van der Waals surface area contributed by atoms with E-state index in [1.165, 1.54) is 11.3 Å². The highest BCUT2D eigenvalue weighted by molar-refractivity contribution is 7.14. The third-order valence-corrected chi connectivity index (χ3v) is 15.2. The van der Waals surface area contributed by atoms with Crippen LogP contribution in [0.3, 0.4) is 0 Å². The number of likely N-dealkylation sites (N-methyl/N-ethyl adjacent to an activating group) is 2. The molecule has 2 aliphatic rings. The maximum absolute atomic E-state index is 14.0. The Balaban J connectivity index is 0.667. The highest BCUT2D eigenvalue weighted by atomic mass is 32.1. The number of amides is 5. The lowest BCUT2D eigenvalue weighted by molar-refractivity contribution is -0.141. The molecule has 1 saturated heterocycles. The number of benzene rings is 3. The van der Waals surface area contributed by atoms with Crippen molar-refractivity contribution in [2.75, 3.05) is 142 Å². The third-order valence-electron chi connectivity index (χ3n) is 14.4. The Bertz CT molecular complexity index is 2890. The average Bonchev–Trinajstić information content (AvgIpc) is 4.20. The van der Waals surface area contributed by atoms with Crippen LogP contribution in [0.25, 0.3) is 0 Å². The minimum Gasteiger partial charge on any atom is -0.494 e. The number of thiazole rings is 1. The van der Waals surface area contributed by atoms with Crippen LogP contribution < -0.4 is 30.3 Å².